The van der Waals surface area contributed by atoms with Crippen molar-refractivity contribution >= 4 is 32.9 Å². The zero-order valence-electron chi connectivity index (χ0n) is 14.2. The predicted molar refractivity (Wildman–Crippen MR) is 106 cm³/mol. The van der Waals surface area contributed by atoms with Crippen molar-refractivity contribution in [3.05, 3.63) is 65.7 Å². The van der Waals surface area contributed by atoms with Gasteiger partial charge in [-0.15, -0.1) is 0 Å². The quantitative estimate of drug-likeness (QED) is 0.832. The molecule has 1 atom stereocenters. The van der Waals surface area contributed by atoms with Gasteiger partial charge in [-0.05, 0) is 42.8 Å². The Kier molecular flexibility index (Phi) is 5.39. The van der Waals surface area contributed by atoms with Crippen LogP contribution < -0.4 is 5.32 Å². The molecule has 0 aliphatic carbocycles. The Labute approximate surface area is 154 Å². The van der Waals surface area contributed by atoms with Crippen molar-refractivity contribution in [3.63, 3.8) is 0 Å². The van der Waals surface area contributed by atoms with E-state index in [0.29, 0.717) is 18.1 Å². The number of para-hydroxylation sites is 1. The number of aryl methyl sites for hydroxylation is 1. The van der Waals surface area contributed by atoms with E-state index in [1.54, 1.807) is 0 Å². The first kappa shape index (κ1) is 17.9. The Morgan fingerprint density at radius 2 is 1.84 bits per heavy atom. The van der Waals surface area contributed by atoms with Gasteiger partial charge in [-0.3, -0.25) is 0 Å². The van der Waals surface area contributed by atoms with Crippen LogP contribution in [-0.4, -0.2) is 36.0 Å². The monoisotopic (exact) mass is 374 g/mol. The molecule has 1 N–H and O–H groups in total. The highest BCUT2D eigenvalue weighted by Crippen LogP contribution is 2.22. The van der Waals surface area contributed by atoms with Gasteiger partial charge < -0.3 is 10.2 Å². The number of nitrogens with zero attached hydrogens (tertiary/aromatic N) is 1. The van der Waals surface area contributed by atoms with Gasteiger partial charge in [0, 0.05) is 18.3 Å². The van der Waals surface area contributed by atoms with Gasteiger partial charge in [0.1, 0.15) is 0 Å². The average molecular weight is 375 g/mol. The van der Waals surface area contributed by atoms with Gasteiger partial charge in [0.2, 0.25) is 0 Å². The Balaban J connectivity index is 1.82. The van der Waals surface area contributed by atoms with E-state index in [0.717, 1.165) is 16.8 Å². The fourth-order valence-electron chi connectivity index (χ4n) is 3.07. The highest BCUT2D eigenvalue weighted by Gasteiger charge is 2.33. The molecule has 1 aliphatic heterocycles. The maximum atomic E-state index is 11.9. The minimum absolute atomic E-state index is 0.0887. The summed E-state index contributed by atoms with van der Waals surface area (Å²) in [6.45, 7) is 2.62. The molecular formula is C19H22N2O2S2. The van der Waals surface area contributed by atoms with Crippen molar-refractivity contribution in [1.82, 2.24) is 4.90 Å². The number of benzene rings is 2. The summed E-state index contributed by atoms with van der Waals surface area (Å²) < 4.78 is 23.9. The maximum Gasteiger partial charge on any atom is 0.174 e. The third-order valence-electron chi connectivity index (χ3n) is 4.49. The second-order valence-corrected chi connectivity index (χ2v) is 9.03. The van der Waals surface area contributed by atoms with Crippen LogP contribution >= 0.6 is 12.2 Å². The molecule has 4 nitrogen and oxygen atoms in total. The first-order valence-corrected chi connectivity index (χ1v) is 10.6. The zero-order valence-corrected chi connectivity index (χ0v) is 15.8. The van der Waals surface area contributed by atoms with E-state index in [9.17, 15) is 8.42 Å². The van der Waals surface area contributed by atoms with Crippen LogP contribution in [0.4, 0.5) is 5.69 Å². The second kappa shape index (κ2) is 7.54. The van der Waals surface area contributed by atoms with Crippen LogP contribution in [-0.2, 0) is 16.4 Å². The Hall–Kier alpha value is -1.92. The molecule has 0 unspecified atom stereocenters. The molecule has 132 valence electrons. The van der Waals surface area contributed by atoms with E-state index in [1.807, 2.05) is 66.4 Å². The van der Waals surface area contributed by atoms with Crippen LogP contribution in [0.2, 0.25) is 0 Å². The van der Waals surface area contributed by atoms with Crippen molar-refractivity contribution in [2.24, 2.45) is 0 Å². The molecule has 0 saturated carbocycles. The lowest BCUT2D eigenvalue weighted by Gasteiger charge is -2.31. The van der Waals surface area contributed by atoms with Crippen LogP contribution in [0.15, 0.2) is 54.6 Å². The van der Waals surface area contributed by atoms with Gasteiger partial charge in [0.25, 0.3) is 0 Å². The molecule has 2 aromatic carbocycles. The summed E-state index contributed by atoms with van der Waals surface area (Å²) in [6, 6.07) is 17.9. The Bertz CT molecular complexity index is 851. The largest absolute Gasteiger partial charge is 0.341 e. The van der Waals surface area contributed by atoms with E-state index in [4.69, 9.17) is 12.2 Å². The van der Waals surface area contributed by atoms with Gasteiger partial charge in [-0.25, -0.2) is 8.42 Å². The average Bonchev–Trinajstić information content (AvgIpc) is 2.95. The molecule has 1 saturated heterocycles. The zero-order chi connectivity index (χ0) is 17.9. The highest BCUT2D eigenvalue weighted by atomic mass is 32.2. The molecule has 25 heavy (non-hydrogen) atoms. The predicted octanol–water partition coefficient (Wildman–Crippen LogP) is 3.38. The van der Waals surface area contributed by atoms with E-state index in [2.05, 4.69) is 5.32 Å². The third-order valence-corrected chi connectivity index (χ3v) is 6.58. The van der Waals surface area contributed by atoms with Crippen molar-refractivity contribution in [2.45, 2.75) is 25.9 Å². The molecule has 0 aromatic heterocycles. The number of thiocarbonyl (C=S) groups is 1. The number of nitrogens with one attached hydrogen (secondary N) is 1. The lowest BCUT2D eigenvalue weighted by molar-refractivity contribution is 0.332. The van der Waals surface area contributed by atoms with Crippen LogP contribution in [0.25, 0.3) is 0 Å². The van der Waals surface area contributed by atoms with Crippen LogP contribution in [0.5, 0.6) is 0 Å². The molecule has 0 bridgehead atoms. The van der Waals surface area contributed by atoms with Gasteiger partial charge in [0.15, 0.2) is 14.9 Å². The summed E-state index contributed by atoms with van der Waals surface area (Å²) in [5.74, 6) is 0.394. The Morgan fingerprint density at radius 1 is 1.16 bits per heavy atom. The Morgan fingerprint density at radius 3 is 2.48 bits per heavy atom. The SMILES string of the molecule is Cc1ccccc1NC(=S)N(Cc1ccccc1)[C@@H]1CCS(=O)(=O)C1. The number of hydrogen-bond acceptors (Lipinski definition) is 3. The first-order valence-electron chi connectivity index (χ1n) is 8.32. The molecule has 3 rings (SSSR count). The molecule has 2 aromatic rings. The third kappa shape index (κ3) is 4.58. The fraction of sp³-hybridized carbons (Fsp3) is 0.316. The summed E-state index contributed by atoms with van der Waals surface area (Å²) >= 11 is 5.65. The minimum atomic E-state index is -2.98. The van der Waals surface area contributed by atoms with E-state index in [-0.39, 0.29) is 17.5 Å². The van der Waals surface area contributed by atoms with E-state index >= 15 is 0 Å². The highest BCUT2D eigenvalue weighted by molar-refractivity contribution is 7.91. The van der Waals surface area contributed by atoms with Crippen molar-refractivity contribution in [2.75, 3.05) is 16.8 Å². The molecule has 1 aliphatic rings. The van der Waals surface area contributed by atoms with Gasteiger partial charge in [-0.1, -0.05) is 48.5 Å². The van der Waals surface area contributed by atoms with Crippen LogP contribution in [0.3, 0.4) is 0 Å². The molecule has 0 spiro atoms. The molecule has 6 heteroatoms. The number of anilines is 1. The number of sulfone groups is 1. The summed E-state index contributed by atoms with van der Waals surface area (Å²) in [5, 5.41) is 3.87. The lowest BCUT2D eigenvalue weighted by atomic mass is 10.1. The maximum absolute atomic E-state index is 11.9. The fourth-order valence-corrected chi connectivity index (χ4v) is 5.12. The molecule has 0 radical (unpaired) electrons. The molecule has 0 amide bonds. The molecular weight excluding hydrogens is 352 g/mol. The topological polar surface area (TPSA) is 49.4 Å². The van der Waals surface area contributed by atoms with Crippen molar-refractivity contribution in [3.8, 4) is 0 Å². The smallest absolute Gasteiger partial charge is 0.174 e. The second-order valence-electron chi connectivity index (χ2n) is 6.42. The standard InChI is InChI=1S/C19H22N2O2S2/c1-15-7-5-6-10-18(15)20-19(24)21(13-16-8-3-2-4-9-16)17-11-12-25(22,23)14-17/h2-10,17H,11-14H2,1H3,(H,20,24)/t17-/m1/s1. The van der Waals surface area contributed by atoms with Crippen LogP contribution in [0, 0.1) is 6.92 Å². The van der Waals surface area contributed by atoms with Crippen LogP contribution in [0.1, 0.15) is 17.5 Å². The minimum Gasteiger partial charge on any atom is -0.341 e. The van der Waals surface area contributed by atoms with Gasteiger partial charge >= 0.3 is 0 Å². The number of hydrogen-bond donors (Lipinski definition) is 1. The summed E-state index contributed by atoms with van der Waals surface area (Å²) in [5.41, 5.74) is 3.16. The summed E-state index contributed by atoms with van der Waals surface area (Å²) in [6.07, 6.45) is 0.616. The van der Waals surface area contributed by atoms with Gasteiger partial charge in [-0.2, -0.15) is 0 Å². The lowest BCUT2D eigenvalue weighted by Crippen LogP contribution is -2.43. The van der Waals surface area contributed by atoms with E-state index in [1.165, 1.54) is 0 Å². The summed E-state index contributed by atoms with van der Waals surface area (Å²) in [4.78, 5) is 2.02. The number of rotatable bonds is 4. The normalized spacial score (nSPS) is 18.7. The van der Waals surface area contributed by atoms with Crippen molar-refractivity contribution in [1.29, 1.82) is 0 Å². The summed E-state index contributed by atoms with van der Waals surface area (Å²) in [7, 11) is -2.98. The molecule has 1 fully saturated rings. The first-order chi connectivity index (χ1) is 11.9. The van der Waals surface area contributed by atoms with Crippen molar-refractivity contribution < 1.29 is 8.42 Å². The van der Waals surface area contributed by atoms with E-state index < -0.39 is 9.84 Å². The molecule has 1 heterocycles. The van der Waals surface area contributed by atoms with Gasteiger partial charge in [0.05, 0.1) is 11.5 Å².